The molecule has 0 atom stereocenters. The number of hydrogen-bond donors (Lipinski definition) is 1. The molecule has 3 heteroatoms. The number of fused-ring (bicyclic) bond motifs is 1. The van der Waals surface area contributed by atoms with E-state index in [1.807, 2.05) is 18.2 Å². The Bertz CT molecular complexity index is 560. The van der Waals surface area contributed by atoms with Gasteiger partial charge in [-0.3, -0.25) is 0 Å². The van der Waals surface area contributed by atoms with Crippen LogP contribution in [-0.2, 0) is 0 Å². The van der Waals surface area contributed by atoms with E-state index >= 15 is 0 Å². The predicted octanol–water partition coefficient (Wildman–Crippen LogP) is 4.37. The average Bonchev–Trinajstić information content (AvgIpc) is 2.36. The van der Waals surface area contributed by atoms with E-state index in [1.54, 1.807) is 0 Å². The van der Waals surface area contributed by atoms with Gasteiger partial charge in [0.2, 0.25) is 0 Å². The highest BCUT2D eigenvalue weighted by molar-refractivity contribution is 9.10. The van der Waals surface area contributed by atoms with Crippen LogP contribution in [0.1, 0.15) is 20.8 Å². The summed E-state index contributed by atoms with van der Waals surface area (Å²) in [5.41, 5.74) is 0.129. The second-order valence-electron chi connectivity index (χ2n) is 5.62. The first-order valence-corrected chi connectivity index (χ1v) is 7.32. The first kappa shape index (κ1) is 14.4. The number of rotatable bonds is 4. The average molecular weight is 322 g/mol. The lowest BCUT2D eigenvalue weighted by Crippen LogP contribution is -2.38. The van der Waals surface area contributed by atoms with Crippen LogP contribution in [0.5, 0.6) is 5.75 Å². The molecule has 0 amide bonds. The summed E-state index contributed by atoms with van der Waals surface area (Å²) in [6.07, 6.45) is 0. The molecule has 2 rings (SSSR count). The predicted molar refractivity (Wildman–Crippen MR) is 84.9 cm³/mol. The highest BCUT2D eigenvalue weighted by Crippen LogP contribution is 2.32. The van der Waals surface area contributed by atoms with Gasteiger partial charge in [-0.25, -0.2) is 0 Å². The molecule has 0 bridgehead atoms. The maximum Gasteiger partial charge on any atom is 0.134 e. The van der Waals surface area contributed by atoms with Gasteiger partial charge in [-0.05, 0) is 53.5 Å². The van der Waals surface area contributed by atoms with Gasteiger partial charge in [0.25, 0.3) is 0 Å². The molecule has 0 unspecified atom stereocenters. The van der Waals surface area contributed by atoms with Gasteiger partial charge in [0.15, 0.2) is 0 Å². The van der Waals surface area contributed by atoms with Crippen molar-refractivity contribution in [2.45, 2.75) is 26.3 Å². The van der Waals surface area contributed by atoms with E-state index in [9.17, 15) is 0 Å². The molecule has 19 heavy (non-hydrogen) atoms. The zero-order chi connectivity index (χ0) is 13.9. The molecule has 0 saturated heterocycles. The molecule has 102 valence electrons. The van der Waals surface area contributed by atoms with Crippen molar-refractivity contribution < 1.29 is 4.74 Å². The summed E-state index contributed by atoms with van der Waals surface area (Å²) in [6, 6.07) is 12.4. The van der Waals surface area contributed by atoms with Crippen LogP contribution in [-0.4, -0.2) is 18.7 Å². The topological polar surface area (TPSA) is 21.3 Å². The second kappa shape index (κ2) is 5.93. The fourth-order valence-electron chi connectivity index (χ4n) is 1.91. The molecule has 0 aromatic heterocycles. The molecule has 0 aliphatic heterocycles. The standard InChI is InChI=1S/C16H20BrNO/c1-16(2,3)18-10-11-19-14-9-8-12-6-4-5-7-13(12)15(14)17/h4-9,18H,10-11H2,1-3H3. The molecular formula is C16H20BrNO. The van der Waals surface area contributed by atoms with E-state index in [0.717, 1.165) is 16.8 Å². The molecule has 0 saturated carbocycles. The second-order valence-corrected chi connectivity index (χ2v) is 6.42. The normalized spacial score (nSPS) is 11.8. The third-order valence-corrected chi connectivity index (χ3v) is 3.66. The highest BCUT2D eigenvalue weighted by atomic mass is 79.9. The first-order valence-electron chi connectivity index (χ1n) is 6.52. The molecular weight excluding hydrogens is 302 g/mol. The van der Waals surface area contributed by atoms with E-state index in [4.69, 9.17) is 4.74 Å². The van der Waals surface area contributed by atoms with Crippen molar-refractivity contribution in [3.63, 3.8) is 0 Å². The van der Waals surface area contributed by atoms with E-state index in [-0.39, 0.29) is 5.54 Å². The van der Waals surface area contributed by atoms with Crippen molar-refractivity contribution in [1.82, 2.24) is 5.32 Å². The maximum atomic E-state index is 5.83. The molecule has 1 N–H and O–H groups in total. The summed E-state index contributed by atoms with van der Waals surface area (Å²) in [5.74, 6) is 0.898. The van der Waals surface area contributed by atoms with Crippen LogP contribution < -0.4 is 10.1 Å². The van der Waals surface area contributed by atoms with Gasteiger partial charge >= 0.3 is 0 Å². The maximum absolute atomic E-state index is 5.83. The van der Waals surface area contributed by atoms with Gasteiger partial charge in [0.05, 0.1) is 4.47 Å². The summed E-state index contributed by atoms with van der Waals surface area (Å²) in [6.45, 7) is 7.95. The van der Waals surface area contributed by atoms with Crippen LogP contribution in [0.2, 0.25) is 0 Å². The van der Waals surface area contributed by atoms with Gasteiger partial charge in [0, 0.05) is 12.1 Å². The Morgan fingerprint density at radius 3 is 2.58 bits per heavy atom. The molecule has 0 fully saturated rings. The van der Waals surface area contributed by atoms with Crippen LogP contribution >= 0.6 is 15.9 Å². The lowest BCUT2D eigenvalue weighted by Gasteiger charge is -2.20. The van der Waals surface area contributed by atoms with Gasteiger partial charge in [-0.2, -0.15) is 0 Å². The minimum Gasteiger partial charge on any atom is -0.491 e. The quantitative estimate of drug-likeness (QED) is 0.844. The Balaban J connectivity index is 2.03. The monoisotopic (exact) mass is 321 g/mol. The van der Waals surface area contributed by atoms with Crippen molar-refractivity contribution >= 4 is 26.7 Å². The van der Waals surface area contributed by atoms with Gasteiger partial charge in [-0.1, -0.05) is 30.3 Å². The Morgan fingerprint density at radius 1 is 1.11 bits per heavy atom. The Kier molecular flexibility index (Phi) is 4.48. The minimum absolute atomic E-state index is 0.129. The van der Waals surface area contributed by atoms with Crippen LogP contribution in [0, 0.1) is 0 Å². The number of hydrogen-bond acceptors (Lipinski definition) is 2. The van der Waals surface area contributed by atoms with E-state index in [0.29, 0.717) is 6.61 Å². The summed E-state index contributed by atoms with van der Waals surface area (Å²) in [7, 11) is 0. The Morgan fingerprint density at radius 2 is 1.84 bits per heavy atom. The van der Waals surface area contributed by atoms with E-state index in [2.05, 4.69) is 60.2 Å². The van der Waals surface area contributed by atoms with Crippen molar-refractivity contribution in [3.8, 4) is 5.75 Å². The van der Waals surface area contributed by atoms with Crippen LogP contribution in [0.4, 0.5) is 0 Å². The molecule has 2 aromatic rings. The van der Waals surface area contributed by atoms with Gasteiger partial charge in [-0.15, -0.1) is 0 Å². The molecule has 0 heterocycles. The highest BCUT2D eigenvalue weighted by Gasteiger charge is 2.09. The van der Waals surface area contributed by atoms with Crippen molar-refractivity contribution in [2.75, 3.05) is 13.2 Å². The fourth-order valence-corrected chi connectivity index (χ4v) is 2.52. The van der Waals surface area contributed by atoms with Crippen molar-refractivity contribution in [2.24, 2.45) is 0 Å². The molecule has 2 aromatic carbocycles. The Hall–Kier alpha value is -1.06. The lowest BCUT2D eigenvalue weighted by molar-refractivity contribution is 0.290. The number of ether oxygens (including phenoxy) is 1. The van der Waals surface area contributed by atoms with Crippen molar-refractivity contribution in [1.29, 1.82) is 0 Å². The molecule has 0 spiro atoms. The molecule has 0 aliphatic carbocycles. The smallest absolute Gasteiger partial charge is 0.134 e. The summed E-state index contributed by atoms with van der Waals surface area (Å²) < 4.78 is 6.86. The minimum atomic E-state index is 0.129. The van der Waals surface area contributed by atoms with Crippen molar-refractivity contribution in [3.05, 3.63) is 40.9 Å². The SMILES string of the molecule is CC(C)(C)NCCOc1ccc2ccccc2c1Br. The van der Waals surface area contributed by atoms with Gasteiger partial charge in [0.1, 0.15) is 12.4 Å². The number of halogens is 1. The molecule has 0 radical (unpaired) electrons. The number of benzene rings is 2. The zero-order valence-electron chi connectivity index (χ0n) is 11.7. The molecule has 2 nitrogen and oxygen atoms in total. The van der Waals surface area contributed by atoms with Gasteiger partial charge < -0.3 is 10.1 Å². The summed E-state index contributed by atoms with van der Waals surface area (Å²) in [4.78, 5) is 0. The number of nitrogens with one attached hydrogen (secondary N) is 1. The molecule has 0 aliphatic rings. The first-order chi connectivity index (χ1) is 8.97. The fraction of sp³-hybridized carbons (Fsp3) is 0.375. The third-order valence-electron chi connectivity index (χ3n) is 2.84. The Labute approximate surface area is 123 Å². The lowest BCUT2D eigenvalue weighted by atomic mass is 10.1. The largest absolute Gasteiger partial charge is 0.491 e. The van der Waals surface area contributed by atoms with Crippen LogP contribution in [0.3, 0.4) is 0 Å². The van der Waals surface area contributed by atoms with E-state index < -0.39 is 0 Å². The van der Waals surface area contributed by atoms with Crippen LogP contribution in [0.25, 0.3) is 10.8 Å². The van der Waals surface area contributed by atoms with E-state index in [1.165, 1.54) is 10.8 Å². The summed E-state index contributed by atoms with van der Waals surface area (Å²) in [5, 5.41) is 5.81. The summed E-state index contributed by atoms with van der Waals surface area (Å²) >= 11 is 3.63. The third kappa shape index (κ3) is 3.95. The van der Waals surface area contributed by atoms with Crippen LogP contribution in [0.15, 0.2) is 40.9 Å². The zero-order valence-corrected chi connectivity index (χ0v) is 13.3.